The summed E-state index contributed by atoms with van der Waals surface area (Å²) in [6.07, 6.45) is 12.9. The van der Waals surface area contributed by atoms with Crippen molar-refractivity contribution < 1.29 is 56.1 Å². The molecule has 1 N–H and O–H groups in total. The summed E-state index contributed by atoms with van der Waals surface area (Å²) in [5.74, 6) is -0.774. The van der Waals surface area contributed by atoms with Gasteiger partial charge in [0.15, 0.2) is 41.2 Å². The third kappa shape index (κ3) is 8.25. The fourth-order valence-corrected chi connectivity index (χ4v) is 8.54. The first kappa shape index (κ1) is 39.9. The standard InChI is InChI=1S/C39H46FN5O12/c1-6-39(51-5,20-53-31(47)23-13-37(14-23)9-7-10-37)26(56-32(48)24-15-38(16-24)11-8-12-38)18-45-21-41-28-29(42-33(40)44-30(28)45)43-34(49)57-36(3,4)17-27(46)52-19-25-22(2)54-35(50)55-25/h1,21,23-24,26H,7-20H2,2-5H3,(H,42,43,44,49)/t26-,39?/m0/s1. The van der Waals surface area contributed by atoms with Gasteiger partial charge in [-0.15, -0.1) is 6.42 Å². The molecular weight excluding hydrogens is 749 g/mol. The summed E-state index contributed by atoms with van der Waals surface area (Å²) < 4.78 is 54.2. The summed E-state index contributed by atoms with van der Waals surface area (Å²) in [6, 6.07) is 0. The minimum Gasteiger partial charge on any atom is -0.461 e. The van der Waals surface area contributed by atoms with Crippen molar-refractivity contribution >= 4 is 41.0 Å². The highest BCUT2D eigenvalue weighted by atomic mass is 19.1. The molecule has 0 bridgehead atoms. The molecule has 0 aliphatic heterocycles. The van der Waals surface area contributed by atoms with E-state index in [9.17, 15) is 24.0 Å². The Morgan fingerprint density at radius 3 is 2.25 bits per heavy atom. The molecule has 3 heterocycles. The number of amides is 1. The van der Waals surface area contributed by atoms with Gasteiger partial charge in [-0.1, -0.05) is 18.8 Å². The first-order valence-electron chi connectivity index (χ1n) is 19.1. The molecule has 4 saturated carbocycles. The second kappa shape index (κ2) is 15.2. The van der Waals surface area contributed by atoms with Gasteiger partial charge < -0.3 is 37.1 Å². The fraction of sp³-hybridized carbons (Fsp3) is 0.641. The van der Waals surface area contributed by atoms with E-state index in [1.54, 1.807) is 0 Å². The van der Waals surface area contributed by atoms with Gasteiger partial charge in [0.1, 0.15) is 12.2 Å². The van der Waals surface area contributed by atoms with Crippen LogP contribution in [0.2, 0.25) is 0 Å². The molecule has 2 atom stereocenters. The van der Waals surface area contributed by atoms with Gasteiger partial charge in [0.05, 0.1) is 31.1 Å². The van der Waals surface area contributed by atoms with Crippen molar-refractivity contribution in [2.45, 2.75) is 122 Å². The summed E-state index contributed by atoms with van der Waals surface area (Å²) in [4.78, 5) is 75.4. The molecule has 4 aliphatic carbocycles. The summed E-state index contributed by atoms with van der Waals surface area (Å²) in [5, 5.41) is 2.35. The second-order valence-electron chi connectivity index (χ2n) is 16.6. The van der Waals surface area contributed by atoms with E-state index >= 15 is 4.39 Å². The zero-order valence-electron chi connectivity index (χ0n) is 32.4. The molecule has 0 saturated heterocycles. The van der Waals surface area contributed by atoms with Crippen LogP contribution in [0.3, 0.4) is 0 Å². The molecule has 306 valence electrons. The van der Waals surface area contributed by atoms with E-state index < -0.39 is 66.2 Å². The number of carbonyl (C=O) groups excluding carboxylic acids is 4. The van der Waals surface area contributed by atoms with E-state index in [0.717, 1.165) is 51.4 Å². The maximum absolute atomic E-state index is 15.0. The van der Waals surface area contributed by atoms with E-state index in [-0.39, 0.29) is 64.3 Å². The number of ether oxygens (including phenoxy) is 5. The Hall–Kier alpha value is -5.31. The number of nitrogens with zero attached hydrogens (tertiary/aromatic N) is 4. The molecule has 0 aromatic carbocycles. The third-order valence-electron chi connectivity index (χ3n) is 12.2. The molecule has 3 aromatic rings. The first-order chi connectivity index (χ1) is 27.0. The van der Waals surface area contributed by atoms with Crippen molar-refractivity contribution in [1.29, 1.82) is 0 Å². The topological polar surface area (TPSA) is 213 Å². The Kier molecular flexibility index (Phi) is 10.7. The number of nitrogens with one attached hydrogen (secondary N) is 1. The normalized spacial score (nSPS) is 20.8. The molecule has 3 aromatic heterocycles. The van der Waals surface area contributed by atoms with Crippen LogP contribution in [0.25, 0.3) is 11.2 Å². The van der Waals surface area contributed by atoms with E-state index in [1.165, 1.54) is 38.8 Å². The lowest BCUT2D eigenvalue weighted by Gasteiger charge is -2.53. The Balaban J connectivity index is 1.05. The van der Waals surface area contributed by atoms with Gasteiger partial charge in [-0.3, -0.25) is 19.7 Å². The van der Waals surface area contributed by atoms with Gasteiger partial charge in [0.25, 0.3) is 0 Å². The predicted octanol–water partition coefficient (Wildman–Crippen LogP) is 4.91. The van der Waals surface area contributed by atoms with E-state index in [0.29, 0.717) is 12.8 Å². The number of aromatic nitrogens is 4. The highest BCUT2D eigenvalue weighted by Crippen LogP contribution is 2.60. The van der Waals surface area contributed by atoms with Crippen LogP contribution in [-0.4, -0.2) is 74.5 Å². The minimum absolute atomic E-state index is 0.0323. The number of terminal acetylenes is 1. The monoisotopic (exact) mass is 795 g/mol. The van der Waals surface area contributed by atoms with Crippen LogP contribution in [0.1, 0.15) is 96.0 Å². The lowest BCUT2D eigenvalue weighted by Crippen LogP contribution is -2.54. The lowest BCUT2D eigenvalue weighted by atomic mass is 9.52. The molecule has 4 aliphatic rings. The zero-order chi connectivity index (χ0) is 40.8. The molecule has 1 unspecified atom stereocenters. The fourth-order valence-electron chi connectivity index (χ4n) is 8.54. The van der Waals surface area contributed by atoms with Crippen LogP contribution in [0.4, 0.5) is 15.0 Å². The van der Waals surface area contributed by atoms with Gasteiger partial charge in [-0.2, -0.15) is 14.4 Å². The van der Waals surface area contributed by atoms with Crippen molar-refractivity contribution in [3.63, 3.8) is 0 Å². The number of hydrogen-bond donors (Lipinski definition) is 1. The van der Waals surface area contributed by atoms with Gasteiger partial charge in [0, 0.05) is 7.11 Å². The average Bonchev–Trinajstić information content (AvgIpc) is 3.61. The Labute approximate surface area is 326 Å². The first-order valence-corrected chi connectivity index (χ1v) is 19.1. The summed E-state index contributed by atoms with van der Waals surface area (Å²) in [6.45, 7) is 3.32. The Bertz CT molecular complexity index is 2140. The van der Waals surface area contributed by atoms with Gasteiger partial charge >= 0.3 is 35.9 Å². The molecule has 4 fully saturated rings. The van der Waals surface area contributed by atoms with Crippen molar-refractivity contribution in [3.8, 4) is 12.3 Å². The van der Waals surface area contributed by atoms with Crippen molar-refractivity contribution in [3.05, 3.63) is 34.5 Å². The van der Waals surface area contributed by atoms with Crippen LogP contribution in [0, 0.1) is 48.0 Å². The summed E-state index contributed by atoms with van der Waals surface area (Å²) in [7, 11) is 1.33. The second-order valence-corrected chi connectivity index (χ2v) is 16.6. The largest absolute Gasteiger partial charge is 0.519 e. The van der Waals surface area contributed by atoms with Gasteiger partial charge in [0.2, 0.25) is 5.60 Å². The van der Waals surface area contributed by atoms with Crippen molar-refractivity contribution in [2.24, 2.45) is 22.7 Å². The van der Waals surface area contributed by atoms with Crippen LogP contribution in [-0.2, 0) is 51.2 Å². The van der Waals surface area contributed by atoms with Crippen LogP contribution >= 0.6 is 0 Å². The number of rotatable bonds is 15. The molecule has 17 nitrogen and oxygen atoms in total. The molecular formula is C39H46FN5O12. The van der Waals surface area contributed by atoms with Gasteiger partial charge in [-0.25, -0.2) is 14.6 Å². The highest BCUT2D eigenvalue weighted by molar-refractivity contribution is 5.93. The van der Waals surface area contributed by atoms with Crippen LogP contribution in [0.5, 0.6) is 0 Å². The number of hydrogen-bond acceptors (Lipinski definition) is 15. The molecule has 57 heavy (non-hydrogen) atoms. The molecule has 1 amide bonds. The predicted molar refractivity (Wildman–Crippen MR) is 193 cm³/mol. The Morgan fingerprint density at radius 1 is 1.04 bits per heavy atom. The number of esters is 3. The highest BCUT2D eigenvalue weighted by Gasteiger charge is 2.54. The maximum atomic E-state index is 15.0. The van der Waals surface area contributed by atoms with Crippen LogP contribution < -0.4 is 11.1 Å². The number of methoxy groups -OCH3 is 1. The number of aryl methyl sites for hydroxylation is 1. The smallest absolute Gasteiger partial charge is 0.461 e. The molecule has 2 spiro atoms. The van der Waals surface area contributed by atoms with Crippen LogP contribution in [0.15, 0.2) is 20.0 Å². The summed E-state index contributed by atoms with van der Waals surface area (Å²) in [5.41, 5.74) is -2.90. The number of fused-ring (bicyclic) bond motifs is 1. The minimum atomic E-state index is -1.74. The lowest BCUT2D eigenvalue weighted by molar-refractivity contribution is -0.189. The number of imidazole rings is 1. The number of halogens is 1. The van der Waals surface area contributed by atoms with Crippen molar-refractivity contribution in [1.82, 2.24) is 19.5 Å². The average molecular weight is 796 g/mol. The van der Waals surface area contributed by atoms with E-state index in [1.807, 2.05) is 0 Å². The van der Waals surface area contributed by atoms with E-state index in [4.69, 9.17) is 38.9 Å². The van der Waals surface area contributed by atoms with Crippen molar-refractivity contribution in [2.75, 3.05) is 19.0 Å². The summed E-state index contributed by atoms with van der Waals surface area (Å²) >= 11 is 0. The molecule has 18 heteroatoms. The number of anilines is 1. The zero-order valence-corrected chi connectivity index (χ0v) is 32.4. The Morgan fingerprint density at radius 2 is 1.68 bits per heavy atom. The molecule has 0 radical (unpaired) electrons. The van der Waals surface area contributed by atoms with E-state index in [2.05, 4.69) is 26.2 Å². The SMILES string of the molecule is C#CC(COC(=O)C1CC2(CCC2)C1)(OC)[C@H](Cn1cnc2c(NC(=O)OC(C)(C)CC(=O)OCc3oc(=O)oc3C)nc(F)nc21)OC(=O)C1CC2(CCC2)C1. The third-order valence-corrected chi connectivity index (χ3v) is 12.2. The van der Waals surface area contributed by atoms with Gasteiger partial charge in [-0.05, 0) is 83.0 Å². The molecule has 7 rings (SSSR count). The quantitative estimate of drug-likeness (QED) is 0.0936. The maximum Gasteiger partial charge on any atom is 0.519 e. The number of carbonyl (C=O) groups is 4.